The van der Waals surface area contributed by atoms with E-state index in [1.807, 2.05) is 0 Å². The highest BCUT2D eigenvalue weighted by atomic mass is 35.5. The second-order valence-corrected chi connectivity index (χ2v) is 7.13. The van der Waals surface area contributed by atoms with E-state index < -0.39 is 0 Å². The molecule has 0 saturated carbocycles. The van der Waals surface area contributed by atoms with E-state index in [1.165, 1.54) is 0 Å². The minimum atomic E-state index is -0.189. The van der Waals surface area contributed by atoms with E-state index >= 15 is 0 Å². The van der Waals surface area contributed by atoms with E-state index in [4.69, 9.17) is 32.7 Å². The molecule has 1 aromatic carbocycles. The van der Waals surface area contributed by atoms with Gasteiger partial charge in [0, 0.05) is 32.2 Å². The van der Waals surface area contributed by atoms with Crippen LogP contribution < -0.4 is 10.1 Å². The van der Waals surface area contributed by atoms with Crippen molar-refractivity contribution >= 4 is 29.1 Å². The first-order valence-corrected chi connectivity index (χ1v) is 8.88. The van der Waals surface area contributed by atoms with Crippen LogP contribution >= 0.6 is 23.2 Å². The van der Waals surface area contributed by atoms with E-state index in [0.717, 1.165) is 19.6 Å². The Labute approximate surface area is 153 Å². The van der Waals surface area contributed by atoms with Gasteiger partial charge in [0.25, 0.3) is 5.91 Å². The molecule has 0 spiro atoms. The Balaban J connectivity index is 1.69. The van der Waals surface area contributed by atoms with Crippen LogP contribution in [0.4, 0.5) is 0 Å². The van der Waals surface area contributed by atoms with Gasteiger partial charge in [-0.25, -0.2) is 0 Å². The van der Waals surface area contributed by atoms with Crippen molar-refractivity contribution in [3.8, 4) is 5.75 Å². The molecule has 1 amide bonds. The van der Waals surface area contributed by atoms with Gasteiger partial charge in [0.05, 0.1) is 22.8 Å². The minimum Gasteiger partial charge on any atom is -0.484 e. The van der Waals surface area contributed by atoms with Gasteiger partial charge in [0.2, 0.25) is 0 Å². The van der Waals surface area contributed by atoms with Gasteiger partial charge in [-0.1, -0.05) is 37.0 Å². The summed E-state index contributed by atoms with van der Waals surface area (Å²) in [5.41, 5.74) is 0. The average Bonchev–Trinajstić information content (AvgIpc) is 2.54. The Morgan fingerprint density at radius 1 is 1.42 bits per heavy atom. The Hall–Kier alpha value is -1.01. The molecule has 2 rings (SSSR count). The number of benzene rings is 1. The van der Waals surface area contributed by atoms with Crippen LogP contribution in [-0.4, -0.2) is 56.3 Å². The highest BCUT2D eigenvalue weighted by molar-refractivity contribution is 6.42. The highest BCUT2D eigenvalue weighted by Crippen LogP contribution is 2.26. The van der Waals surface area contributed by atoms with Gasteiger partial charge in [-0.15, -0.1) is 0 Å². The topological polar surface area (TPSA) is 50.8 Å². The summed E-state index contributed by atoms with van der Waals surface area (Å²) in [6.45, 7) is 8.36. The van der Waals surface area contributed by atoms with Gasteiger partial charge in [-0.3, -0.25) is 9.69 Å². The standard InChI is InChI=1S/C17H24Cl2N2O3/c1-12(2)9-21-5-6-23-14(10-21)8-20-17(22)11-24-13-3-4-15(18)16(19)7-13/h3-4,7,12,14H,5-6,8-11H2,1-2H3,(H,20,22)/t14-/m0/s1. The monoisotopic (exact) mass is 374 g/mol. The molecule has 7 heteroatoms. The molecule has 1 aliphatic rings. The van der Waals surface area contributed by atoms with Gasteiger partial charge >= 0.3 is 0 Å². The van der Waals surface area contributed by atoms with E-state index in [0.29, 0.717) is 34.9 Å². The second-order valence-electron chi connectivity index (χ2n) is 6.31. The predicted octanol–water partition coefficient (Wildman–Crippen LogP) is 2.85. The summed E-state index contributed by atoms with van der Waals surface area (Å²) in [4.78, 5) is 14.3. The van der Waals surface area contributed by atoms with E-state index in [1.54, 1.807) is 18.2 Å². The molecule has 0 aromatic heterocycles. The van der Waals surface area contributed by atoms with Crippen molar-refractivity contribution in [1.82, 2.24) is 10.2 Å². The summed E-state index contributed by atoms with van der Waals surface area (Å²) in [5, 5.41) is 3.70. The first-order chi connectivity index (χ1) is 11.4. The van der Waals surface area contributed by atoms with Crippen LogP contribution in [0.15, 0.2) is 18.2 Å². The fourth-order valence-corrected chi connectivity index (χ4v) is 2.87. The molecular formula is C17H24Cl2N2O3. The number of nitrogens with zero attached hydrogens (tertiary/aromatic N) is 1. The molecule has 0 unspecified atom stereocenters. The zero-order valence-electron chi connectivity index (χ0n) is 14.1. The minimum absolute atomic E-state index is 0.0198. The maximum atomic E-state index is 11.9. The lowest BCUT2D eigenvalue weighted by Gasteiger charge is -2.33. The first-order valence-electron chi connectivity index (χ1n) is 8.12. The molecule has 0 bridgehead atoms. The highest BCUT2D eigenvalue weighted by Gasteiger charge is 2.21. The van der Waals surface area contributed by atoms with Crippen LogP contribution in [0.25, 0.3) is 0 Å². The molecule has 134 valence electrons. The van der Waals surface area contributed by atoms with Crippen molar-refractivity contribution in [2.75, 3.05) is 39.4 Å². The number of morpholine rings is 1. The van der Waals surface area contributed by atoms with Gasteiger partial charge < -0.3 is 14.8 Å². The van der Waals surface area contributed by atoms with Gasteiger partial charge in [-0.2, -0.15) is 0 Å². The summed E-state index contributed by atoms with van der Waals surface area (Å²) in [5.74, 6) is 0.945. The molecular weight excluding hydrogens is 351 g/mol. The predicted molar refractivity (Wildman–Crippen MR) is 96.0 cm³/mol. The molecule has 1 atom stereocenters. The molecule has 5 nitrogen and oxygen atoms in total. The third-order valence-electron chi connectivity index (χ3n) is 3.63. The van der Waals surface area contributed by atoms with Crippen molar-refractivity contribution in [3.63, 3.8) is 0 Å². The molecule has 1 fully saturated rings. The number of rotatable bonds is 7. The fraction of sp³-hybridized carbons (Fsp3) is 0.588. The van der Waals surface area contributed by atoms with Crippen LogP contribution in [0.1, 0.15) is 13.8 Å². The lowest BCUT2D eigenvalue weighted by molar-refractivity contribution is -0.124. The van der Waals surface area contributed by atoms with Crippen LogP contribution in [0, 0.1) is 5.92 Å². The zero-order valence-corrected chi connectivity index (χ0v) is 15.6. The number of carbonyl (C=O) groups is 1. The third-order valence-corrected chi connectivity index (χ3v) is 4.37. The Morgan fingerprint density at radius 3 is 2.92 bits per heavy atom. The lowest BCUT2D eigenvalue weighted by Crippen LogP contribution is -2.48. The largest absolute Gasteiger partial charge is 0.484 e. The van der Waals surface area contributed by atoms with Crippen LogP contribution in [0.2, 0.25) is 10.0 Å². The van der Waals surface area contributed by atoms with Gasteiger partial charge in [0.15, 0.2) is 6.61 Å². The van der Waals surface area contributed by atoms with Gasteiger partial charge in [-0.05, 0) is 18.1 Å². The number of nitrogens with one attached hydrogen (secondary N) is 1. The Bertz CT molecular complexity index is 555. The van der Waals surface area contributed by atoms with E-state index in [-0.39, 0.29) is 18.6 Å². The van der Waals surface area contributed by atoms with Crippen molar-refractivity contribution in [1.29, 1.82) is 0 Å². The summed E-state index contributed by atoms with van der Waals surface area (Å²) in [6.07, 6.45) is 0.0198. The van der Waals surface area contributed by atoms with Crippen molar-refractivity contribution in [2.45, 2.75) is 20.0 Å². The number of hydrogen-bond acceptors (Lipinski definition) is 4. The molecule has 0 aliphatic carbocycles. The molecule has 1 aliphatic heterocycles. The van der Waals surface area contributed by atoms with Crippen molar-refractivity contribution in [3.05, 3.63) is 28.2 Å². The molecule has 1 aromatic rings. The molecule has 1 N–H and O–H groups in total. The van der Waals surface area contributed by atoms with Crippen LogP contribution in [-0.2, 0) is 9.53 Å². The Kier molecular flexibility index (Phi) is 7.62. The van der Waals surface area contributed by atoms with Crippen LogP contribution in [0.5, 0.6) is 5.75 Å². The number of amides is 1. The van der Waals surface area contributed by atoms with Crippen molar-refractivity contribution < 1.29 is 14.3 Å². The quantitative estimate of drug-likeness (QED) is 0.796. The number of hydrogen-bond donors (Lipinski definition) is 1. The van der Waals surface area contributed by atoms with E-state index in [2.05, 4.69) is 24.1 Å². The summed E-state index contributed by atoms with van der Waals surface area (Å²) in [6, 6.07) is 4.90. The lowest BCUT2D eigenvalue weighted by atomic mass is 10.2. The molecule has 0 radical (unpaired) electrons. The number of halogens is 2. The van der Waals surface area contributed by atoms with Gasteiger partial charge in [0.1, 0.15) is 5.75 Å². The molecule has 24 heavy (non-hydrogen) atoms. The average molecular weight is 375 g/mol. The smallest absolute Gasteiger partial charge is 0.258 e. The maximum absolute atomic E-state index is 11.9. The second kappa shape index (κ2) is 9.47. The zero-order chi connectivity index (χ0) is 17.5. The van der Waals surface area contributed by atoms with Crippen molar-refractivity contribution in [2.24, 2.45) is 5.92 Å². The number of carbonyl (C=O) groups excluding carboxylic acids is 1. The SMILES string of the molecule is CC(C)CN1CCO[C@@H](CNC(=O)COc2ccc(Cl)c(Cl)c2)C1. The number of ether oxygens (including phenoxy) is 2. The maximum Gasteiger partial charge on any atom is 0.258 e. The third kappa shape index (κ3) is 6.48. The molecule has 1 saturated heterocycles. The summed E-state index contributed by atoms with van der Waals surface area (Å²) < 4.78 is 11.1. The summed E-state index contributed by atoms with van der Waals surface area (Å²) in [7, 11) is 0. The molecule has 1 heterocycles. The summed E-state index contributed by atoms with van der Waals surface area (Å²) >= 11 is 11.7. The Morgan fingerprint density at radius 2 is 2.21 bits per heavy atom. The van der Waals surface area contributed by atoms with Crippen LogP contribution in [0.3, 0.4) is 0 Å². The fourth-order valence-electron chi connectivity index (χ4n) is 2.58. The normalized spacial score (nSPS) is 18.6. The van der Waals surface area contributed by atoms with E-state index in [9.17, 15) is 4.79 Å². The first kappa shape index (κ1) is 19.3.